The zero-order valence-corrected chi connectivity index (χ0v) is 10.1. The molecule has 0 aromatic carbocycles. The Hall–Kier alpha value is -0.450. The predicted octanol–water partition coefficient (Wildman–Crippen LogP) is 1.37. The van der Waals surface area contributed by atoms with Gasteiger partial charge in [0.1, 0.15) is 0 Å². The number of aryl methyl sites for hydroxylation is 1. The van der Waals surface area contributed by atoms with Crippen LogP contribution in [-0.2, 0) is 6.42 Å². The molecule has 1 atom stereocenters. The van der Waals surface area contributed by atoms with E-state index in [1.54, 1.807) is 0 Å². The largest absolute Gasteiger partial charge is 0.320 e. The molecule has 84 valence electrons. The Morgan fingerprint density at radius 1 is 1.67 bits per heavy atom. The third kappa shape index (κ3) is 3.00. The minimum Gasteiger partial charge on any atom is -0.320 e. The molecule has 0 bridgehead atoms. The summed E-state index contributed by atoms with van der Waals surface area (Å²) >= 11 is 1.90. The molecule has 1 fully saturated rings. The van der Waals surface area contributed by atoms with Crippen molar-refractivity contribution in [2.75, 3.05) is 26.7 Å². The van der Waals surface area contributed by atoms with E-state index in [0.29, 0.717) is 5.92 Å². The lowest BCUT2D eigenvalue weighted by Gasteiger charge is -2.01. The Balaban J connectivity index is 1.86. The monoisotopic (exact) mass is 225 g/mol. The van der Waals surface area contributed by atoms with Gasteiger partial charge in [-0.1, -0.05) is 0 Å². The Morgan fingerprint density at radius 3 is 3.33 bits per heavy atom. The molecule has 1 aromatic heterocycles. The second-order valence-electron chi connectivity index (χ2n) is 4.06. The van der Waals surface area contributed by atoms with Crippen LogP contribution in [0, 0.1) is 0 Å². The first-order valence-electron chi connectivity index (χ1n) is 5.70. The summed E-state index contributed by atoms with van der Waals surface area (Å²) in [5, 5.41) is 7.90. The van der Waals surface area contributed by atoms with Gasteiger partial charge in [0.25, 0.3) is 0 Å². The summed E-state index contributed by atoms with van der Waals surface area (Å²) in [6.45, 7) is 3.36. The fourth-order valence-electron chi connectivity index (χ4n) is 1.93. The first kappa shape index (κ1) is 11.0. The highest BCUT2D eigenvalue weighted by molar-refractivity contribution is 7.11. The number of hydrogen-bond acceptors (Lipinski definition) is 4. The summed E-state index contributed by atoms with van der Waals surface area (Å²) in [4.78, 5) is 5.97. The van der Waals surface area contributed by atoms with Gasteiger partial charge in [0.2, 0.25) is 0 Å². The van der Waals surface area contributed by atoms with Crippen LogP contribution in [0.1, 0.15) is 28.6 Å². The third-order valence-corrected chi connectivity index (χ3v) is 4.05. The SMILES string of the molecule is CNCCCc1cnc(C2CCNC2)s1. The van der Waals surface area contributed by atoms with E-state index < -0.39 is 0 Å². The maximum atomic E-state index is 4.54. The van der Waals surface area contributed by atoms with Crippen molar-refractivity contribution < 1.29 is 0 Å². The molecule has 15 heavy (non-hydrogen) atoms. The lowest BCUT2D eigenvalue weighted by molar-refractivity contribution is 0.728. The van der Waals surface area contributed by atoms with Gasteiger partial charge < -0.3 is 10.6 Å². The minimum atomic E-state index is 0.674. The number of hydrogen-bond donors (Lipinski definition) is 2. The molecule has 0 saturated carbocycles. The number of aromatic nitrogens is 1. The molecular formula is C11H19N3S. The van der Waals surface area contributed by atoms with E-state index in [0.717, 1.165) is 19.6 Å². The van der Waals surface area contributed by atoms with Gasteiger partial charge in [0, 0.05) is 23.5 Å². The summed E-state index contributed by atoms with van der Waals surface area (Å²) in [5.74, 6) is 0.674. The van der Waals surface area contributed by atoms with Gasteiger partial charge in [0.05, 0.1) is 5.01 Å². The van der Waals surface area contributed by atoms with Crippen LogP contribution in [0.15, 0.2) is 6.20 Å². The Labute approximate surface area is 95.3 Å². The summed E-state index contributed by atoms with van der Waals surface area (Å²) in [5.41, 5.74) is 0. The molecule has 1 aromatic rings. The average molecular weight is 225 g/mol. The third-order valence-electron chi connectivity index (χ3n) is 2.83. The quantitative estimate of drug-likeness (QED) is 0.743. The second kappa shape index (κ2) is 5.58. The number of thiazole rings is 1. The van der Waals surface area contributed by atoms with Crippen LogP contribution in [0.25, 0.3) is 0 Å². The smallest absolute Gasteiger partial charge is 0.0971 e. The molecule has 0 amide bonds. The van der Waals surface area contributed by atoms with Crippen LogP contribution in [0.2, 0.25) is 0 Å². The summed E-state index contributed by atoms with van der Waals surface area (Å²) in [6, 6.07) is 0. The van der Waals surface area contributed by atoms with Gasteiger partial charge in [0.15, 0.2) is 0 Å². The van der Waals surface area contributed by atoms with Gasteiger partial charge in [-0.05, 0) is 39.4 Å². The van der Waals surface area contributed by atoms with Gasteiger partial charge in [-0.25, -0.2) is 4.98 Å². The summed E-state index contributed by atoms with van der Waals surface area (Å²) in [6.07, 6.45) is 5.69. The average Bonchev–Trinajstić information content (AvgIpc) is 2.87. The highest BCUT2D eigenvalue weighted by Gasteiger charge is 2.19. The standard InChI is InChI=1S/C11H19N3S/c1-12-5-2-3-10-8-14-11(15-10)9-4-6-13-7-9/h8-9,12-13H,2-7H2,1H3. The lowest BCUT2D eigenvalue weighted by atomic mass is 10.1. The first-order valence-corrected chi connectivity index (χ1v) is 6.51. The minimum absolute atomic E-state index is 0.674. The van der Waals surface area contributed by atoms with E-state index in [-0.39, 0.29) is 0 Å². The van der Waals surface area contributed by atoms with Crippen molar-refractivity contribution in [2.45, 2.75) is 25.2 Å². The maximum absolute atomic E-state index is 4.54. The topological polar surface area (TPSA) is 37.0 Å². The fraction of sp³-hybridized carbons (Fsp3) is 0.727. The zero-order valence-electron chi connectivity index (χ0n) is 9.25. The van der Waals surface area contributed by atoms with Crippen LogP contribution in [-0.4, -0.2) is 31.7 Å². The van der Waals surface area contributed by atoms with Crippen molar-refractivity contribution in [2.24, 2.45) is 0 Å². The predicted molar refractivity (Wildman–Crippen MR) is 64.6 cm³/mol. The summed E-state index contributed by atoms with van der Waals surface area (Å²) < 4.78 is 0. The van der Waals surface area contributed by atoms with Crippen molar-refractivity contribution in [3.8, 4) is 0 Å². The van der Waals surface area contributed by atoms with E-state index in [1.807, 2.05) is 18.4 Å². The molecule has 3 nitrogen and oxygen atoms in total. The first-order chi connectivity index (χ1) is 7.40. The fourth-order valence-corrected chi connectivity index (χ4v) is 3.03. The van der Waals surface area contributed by atoms with E-state index >= 15 is 0 Å². The van der Waals surface area contributed by atoms with Crippen LogP contribution in [0.3, 0.4) is 0 Å². The van der Waals surface area contributed by atoms with E-state index in [9.17, 15) is 0 Å². The molecule has 4 heteroatoms. The molecule has 2 heterocycles. The van der Waals surface area contributed by atoms with Gasteiger partial charge in [-0.2, -0.15) is 0 Å². The molecule has 0 radical (unpaired) electrons. The molecule has 0 spiro atoms. The lowest BCUT2D eigenvalue weighted by Crippen LogP contribution is -2.08. The number of nitrogens with zero attached hydrogens (tertiary/aromatic N) is 1. The normalized spacial score (nSPS) is 21.0. The van der Waals surface area contributed by atoms with Crippen LogP contribution < -0.4 is 10.6 Å². The van der Waals surface area contributed by atoms with Crippen molar-refractivity contribution in [1.29, 1.82) is 0 Å². The van der Waals surface area contributed by atoms with Gasteiger partial charge in [-0.15, -0.1) is 11.3 Å². The number of nitrogens with one attached hydrogen (secondary N) is 2. The molecule has 1 aliphatic rings. The zero-order chi connectivity index (χ0) is 10.5. The highest BCUT2D eigenvalue weighted by atomic mass is 32.1. The van der Waals surface area contributed by atoms with Crippen LogP contribution in [0.5, 0.6) is 0 Å². The Morgan fingerprint density at radius 2 is 2.60 bits per heavy atom. The molecular weight excluding hydrogens is 206 g/mol. The Bertz CT molecular complexity index is 292. The molecule has 1 saturated heterocycles. The van der Waals surface area contributed by atoms with E-state index in [4.69, 9.17) is 0 Å². The van der Waals surface area contributed by atoms with E-state index in [1.165, 1.54) is 29.1 Å². The summed E-state index contributed by atoms with van der Waals surface area (Å²) in [7, 11) is 2.00. The van der Waals surface area contributed by atoms with Crippen LogP contribution >= 0.6 is 11.3 Å². The van der Waals surface area contributed by atoms with Crippen molar-refractivity contribution in [3.63, 3.8) is 0 Å². The van der Waals surface area contributed by atoms with Crippen molar-refractivity contribution in [3.05, 3.63) is 16.1 Å². The molecule has 0 aliphatic carbocycles. The van der Waals surface area contributed by atoms with Gasteiger partial charge >= 0.3 is 0 Å². The number of rotatable bonds is 5. The van der Waals surface area contributed by atoms with Crippen molar-refractivity contribution in [1.82, 2.24) is 15.6 Å². The highest BCUT2D eigenvalue weighted by Crippen LogP contribution is 2.26. The molecule has 1 unspecified atom stereocenters. The van der Waals surface area contributed by atoms with E-state index in [2.05, 4.69) is 21.8 Å². The maximum Gasteiger partial charge on any atom is 0.0971 e. The molecule has 2 rings (SSSR count). The molecule has 1 aliphatic heterocycles. The Kier molecular flexibility index (Phi) is 4.11. The second-order valence-corrected chi connectivity index (χ2v) is 5.21. The van der Waals surface area contributed by atoms with Crippen molar-refractivity contribution >= 4 is 11.3 Å². The van der Waals surface area contributed by atoms with Gasteiger partial charge in [-0.3, -0.25) is 0 Å². The molecule has 2 N–H and O–H groups in total. The van der Waals surface area contributed by atoms with Crippen LogP contribution in [0.4, 0.5) is 0 Å².